The highest BCUT2D eigenvalue weighted by molar-refractivity contribution is 5.82. The van der Waals surface area contributed by atoms with Crippen LogP contribution in [0, 0.1) is 0 Å². The highest BCUT2D eigenvalue weighted by Gasteiger charge is 2.44. The fourth-order valence-electron chi connectivity index (χ4n) is 4.02. The van der Waals surface area contributed by atoms with Gasteiger partial charge in [0.05, 0.1) is 19.5 Å². The molecule has 0 aliphatic carbocycles. The van der Waals surface area contributed by atoms with Crippen LogP contribution in [0.4, 0.5) is 10.6 Å². The predicted octanol–water partition coefficient (Wildman–Crippen LogP) is 0.125. The molecule has 2 aromatic heterocycles. The highest BCUT2D eigenvalue weighted by Crippen LogP contribution is 2.32. The Balaban J connectivity index is 1.47. The molecule has 2 aromatic rings. The lowest BCUT2D eigenvalue weighted by Gasteiger charge is -2.31. The van der Waals surface area contributed by atoms with E-state index in [0.29, 0.717) is 36.7 Å². The molecule has 0 unspecified atom stereocenters. The van der Waals surface area contributed by atoms with Crippen molar-refractivity contribution in [1.29, 1.82) is 0 Å². The van der Waals surface area contributed by atoms with Crippen molar-refractivity contribution in [2.45, 2.75) is 50.3 Å². The molecule has 12 heteroatoms. The molecule has 4 heterocycles. The van der Waals surface area contributed by atoms with E-state index in [-0.39, 0.29) is 18.7 Å². The van der Waals surface area contributed by atoms with Crippen LogP contribution in [0.2, 0.25) is 0 Å². The van der Waals surface area contributed by atoms with Gasteiger partial charge in [-0.1, -0.05) is 0 Å². The SMILES string of the molecule is CCOC(=O)N1CCC(Nc2ncnc3c2ncn3[C@@H]2O[C@H](COC)[C@@H](O)[C@H]2O)CC1. The number of hydrogen-bond donors (Lipinski definition) is 3. The van der Waals surface area contributed by atoms with Crippen LogP contribution in [0.3, 0.4) is 0 Å². The molecule has 2 aliphatic rings. The molecule has 0 aromatic carbocycles. The van der Waals surface area contributed by atoms with Crippen LogP contribution < -0.4 is 5.32 Å². The van der Waals surface area contributed by atoms with Crippen molar-refractivity contribution >= 4 is 23.1 Å². The number of anilines is 1. The van der Waals surface area contributed by atoms with E-state index in [1.54, 1.807) is 16.4 Å². The first-order chi connectivity index (χ1) is 15.0. The molecule has 0 spiro atoms. The Labute approximate surface area is 179 Å². The van der Waals surface area contributed by atoms with Gasteiger partial charge in [-0.15, -0.1) is 0 Å². The minimum Gasteiger partial charge on any atom is -0.450 e. The Kier molecular flexibility index (Phi) is 6.51. The van der Waals surface area contributed by atoms with Crippen LogP contribution in [0.15, 0.2) is 12.7 Å². The van der Waals surface area contributed by atoms with Crippen molar-refractivity contribution < 1.29 is 29.2 Å². The molecular weight excluding hydrogens is 408 g/mol. The number of carbonyl (C=O) groups is 1. The quantitative estimate of drug-likeness (QED) is 0.571. The predicted molar refractivity (Wildman–Crippen MR) is 108 cm³/mol. The topological polar surface area (TPSA) is 144 Å². The highest BCUT2D eigenvalue weighted by atomic mass is 16.6. The second-order valence-electron chi connectivity index (χ2n) is 7.65. The van der Waals surface area contributed by atoms with Gasteiger partial charge < -0.3 is 34.6 Å². The molecule has 12 nitrogen and oxygen atoms in total. The maximum atomic E-state index is 11.9. The number of methoxy groups -OCH3 is 1. The maximum absolute atomic E-state index is 11.9. The molecule has 2 fully saturated rings. The first kappa shape index (κ1) is 21.7. The van der Waals surface area contributed by atoms with Crippen LogP contribution in [0.5, 0.6) is 0 Å². The van der Waals surface area contributed by atoms with Crippen LogP contribution in [0.25, 0.3) is 11.2 Å². The van der Waals surface area contributed by atoms with Gasteiger partial charge in [0.2, 0.25) is 0 Å². The van der Waals surface area contributed by atoms with E-state index in [9.17, 15) is 15.0 Å². The van der Waals surface area contributed by atoms with E-state index in [1.807, 2.05) is 0 Å². The second kappa shape index (κ2) is 9.30. The minimum atomic E-state index is -1.14. The van der Waals surface area contributed by atoms with Crippen molar-refractivity contribution in [3.8, 4) is 0 Å². The molecule has 3 N–H and O–H groups in total. The summed E-state index contributed by atoms with van der Waals surface area (Å²) in [5.41, 5.74) is 1.02. The normalized spacial score (nSPS) is 27.0. The van der Waals surface area contributed by atoms with Crippen molar-refractivity contribution in [3.05, 3.63) is 12.7 Å². The van der Waals surface area contributed by atoms with Gasteiger partial charge >= 0.3 is 6.09 Å². The molecule has 0 saturated carbocycles. The summed E-state index contributed by atoms with van der Waals surface area (Å²) in [6, 6.07) is 0.121. The number of hydrogen-bond acceptors (Lipinski definition) is 10. The van der Waals surface area contributed by atoms with Crippen molar-refractivity contribution in [3.63, 3.8) is 0 Å². The number of ether oxygens (including phenoxy) is 3. The number of aliphatic hydroxyl groups is 2. The Hall–Kier alpha value is -2.54. The lowest BCUT2D eigenvalue weighted by Crippen LogP contribution is -2.42. The molecule has 1 amide bonds. The monoisotopic (exact) mass is 436 g/mol. The molecular formula is C19H28N6O6. The molecule has 170 valence electrons. The standard InChI is InChI=1S/C19H28N6O6/c1-3-30-19(28)24-6-4-11(5-7-24)23-16-13-17(21-9-20-16)25(10-22-13)18-15(27)14(26)12(31-18)8-29-2/h9-12,14-15,18,26-27H,3-8H2,1-2H3,(H,20,21,23)/t12-,14-,15-,18-/m1/s1. The summed E-state index contributed by atoms with van der Waals surface area (Å²) in [5, 5.41) is 24.1. The number of nitrogens with zero attached hydrogens (tertiary/aromatic N) is 5. The lowest BCUT2D eigenvalue weighted by atomic mass is 10.1. The van der Waals surface area contributed by atoms with Crippen LogP contribution in [0.1, 0.15) is 26.0 Å². The number of likely N-dealkylation sites (tertiary alicyclic amines) is 1. The largest absolute Gasteiger partial charge is 0.450 e. The van der Waals surface area contributed by atoms with E-state index in [1.165, 1.54) is 19.8 Å². The summed E-state index contributed by atoms with van der Waals surface area (Å²) >= 11 is 0. The smallest absolute Gasteiger partial charge is 0.409 e. The minimum absolute atomic E-state index is 0.121. The van der Waals surface area contributed by atoms with Gasteiger partial charge in [-0.25, -0.2) is 19.7 Å². The van der Waals surface area contributed by atoms with Gasteiger partial charge in [0.1, 0.15) is 24.6 Å². The maximum Gasteiger partial charge on any atom is 0.409 e. The first-order valence-electron chi connectivity index (χ1n) is 10.4. The Bertz CT molecular complexity index is 901. The Morgan fingerprint density at radius 3 is 2.74 bits per heavy atom. The van der Waals surface area contributed by atoms with E-state index in [0.717, 1.165) is 12.8 Å². The van der Waals surface area contributed by atoms with E-state index < -0.39 is 24.5 Å². The van der Waals surface area contributed by atoms with Gasteiger partial charge in [0.25, 0.3) is 0 Å². The molecule has 0 radical (unpaired) electrons. The van der Waals surface area contributed by atoms with Gasteiger partial charge in [0, 0.05) is 26.2 Å². The molecule has 4 atom stereocenters. The zero-order chi connectivity index (χ0) is 22.0. The third-order valence-corrected chi connectivity index (χ3v) is 5.66. The third-order valence-electron chi connectivity index (χ3n) is 5.66. The zero-order valence-electron chi connectivity index (χ0n) is 17.5. The van der Waals surface area contributed by atoms with Crippen molar-refractivity contribution in [2.24, 2.45) is 0 Å². The summed E-state index contributed by atoms with van der Waals surface area (Å²) < 4.78 is 17.5. The lowest BCUT2D eigenvalue weighted by molar-refractivity contribution is -0.0580. The number of imidazole rings is 1. The molecule has 0 bridgehead atoms. The summed E-state index contributed by atoms with van der Waals surface area (Å²) in [4.78, 5) is 26.6. The zero-order valence-corrected chi connectivity index (χ0v) is 17.5. The second-order valence-corrected chi connectivity index (χ2v) is 7.65. The summed E-state index contributed by atoms with van der Waals surface area (Å²) in [7, 11) is 1.50. The number of carbonyl (C=O) groups excluding carboxylic acids is 1. The summed E-state index contributed by atoms with van der Waals surface area (Å²) in [6.45, 7) is 3.51. The van der Waals surface area contributed by atoms with Crippen molar-refractivity contribution in [2.75, 3.05) is 38.7 Å². The van der Waals surface area contributed by atoms with Gasteiger partial charge in [-0.3, -0.25) is 4.57 Å². The fourth-order valence-corrected chi connectivity index (χ4v) is 4.02. The average Bonchev–Trinajstić information content (AvgIpc) is 3.32. The number of amides is 1. The Morgan fingerprint density at radius 1 is 1.26 bits per heavy atom. The first-order valence-corrected chi connectivity index (χ1v) is 10.4. The number of nitrogens with one attached hydrogen (secondary N) is 1. The summed E-state index contributed by atoms with van der Waals surface area (Å²) in [5.74, 6) is 0.569. The van der Waals surface area contributed by atoms with E-state index >= 15 is 0 Å². The fraction of sp³-hybridized carbons (Fsp3) is 0.684. The molecule has 2 saturated heterocycles. The number of rotatable bonds is 6. The average molecular weight is 436 g/mol. The number of aliphatic hydroxyl groups excluding tert-OH is 2. The van der Waals surface area contributed by atoms with Gasteiger partial charge in [0.15, 0.2) is 23.2 Å². The number of aromatic nitrogens is 4. The van der Waals surface area contributed by atoms with Crippen LogP contribution in [-0.4, -0.2) is 98.5 Å². The number of fused-ring (bicyclic) bond motifs is 1. The number of piperidine rings is 1. The Morgan fingerprint density at radius 2 is 2.03 bits per heavy atom. The van der Waals surface area contributed by atoms with E-state index in [2.05, 4.69) is 20.3 Å². The van der Waals surface area contributed by atoms with Crippen LogP contribution >= 0.6 is 0 Å². The van der Waals surface area contributed by atoms with Crippen molar-refractivity contribution in [1.82, 2.24) is 24.4 Å². The summed E-state index contributed by atoms with van der Waals surface area (Å²) in [6.07, 6.45) is 0.448. The third kappa shape index (κ3) is 4.28. The van der Waals surface area contributed by atoms with Crippen LogP contribution in [-0.2, 0) is 14.2 Å². The van der Waals surface area contributed by atoms with E-state index in [4.69, 9.17) is 14.2 Å². The van der Waals surface area contributed by atoms with Gasteiger partial charge in [-0.2, -0.15) is 0 Å². The van der Waals surface area contributed by atoms with Gasteiger partial charge in [-0.05, 0) is 19.8 Å². The molecule has 4 rings (SSSR count). The molecule has 31 heavy (non-hydrogen) atoms. The molecule has 2 aliphatic heterocycles.